The minimum absolute atomic E-state index is 0.0291. The first kappa shape index (κ1) is 25.5. The molecule has 2 aromatic carbocycles. The van der Waals surface area contributed by atoms with Crippen LogP contribution in [0.1, 0.15) is 70.5 Å². The molecule has 0 radical (unpaired) electrons. The van der Waals surface area contributed by atoms with Gasteiger partial charge in [0, 0.05) is 35.2 Å². The zero-order valence-electron chi connectivity index (χ0n) is 25.1. The van der Waals surface area contributed by atoms with Gasteiger partial charge in [0.05, 0.1) is 34.6 Å². The number of benzene rings is 2. The SMILES string of the molecule is [2H]C([2H])([2H])Oc1cn([C@@H](CCOC(C)(C)C)C(=O)Cc2ccc(C(=O)O)cc2)c(=O)cc1-c1cc(Cl)ccc1C(C)=O. The average molecular weight is 557 g/mol. The van der Waals surface area contributed by atoms with Crippen molar-refractivity contribution >= 4 is 29.1 Å². The van der Waals surface area contributed by atoms with Crippen molar-refractivity contribution in [1.82, 2.24) is 4.57 Å². The topological polar surface area (TPSA) is 112 Å². The van der Waals surface area contributed by atoms with E-state index in [9.17, 15) is 19.2 Å². The van der Waals surface area contributed by atoms with Gasteiger partial charge in [0.15, 0.2) is 11.6 Å². The predicted octanol–water partition coefficient (Wildman–Crippen LogP) is 5.64. The number of carbonyl (C=O) groups excluding carboxylic acids is 2. The van der Waals surface area contributed by atoms with Crippen LogP contribution in [0.4, 0.5) is 0 Å². The Labute approximate surface area is 236 Å². The minimum atomic E-state index is -2.92. The third-order valence-corrected chi connectivity index (χ3v) is 6.25. The molecule has 0 aliphatic heterocycles. The number of ketones is 2. The second-order valence-electron chi connectivity index (χ2n) is 10.1. The fourth-order valence-electron chi connectivity index (χ4n) is 4.13. The van der Waals surface area contributed by atoms with Crippen LogP contribution in [0, 0.1) is 0 Å². The Morgan fingerprint density at radius 3 is 2.36 bits per heavy atom. The molecular weight excluding hydrogens is 522 g/mol. The number of nitrogens with zero attached hydrogens (tertiary/aromatic N) is 1. The van der Waals surface area contributed by atoms with Crippen molar-refractivity contribution in [3.05, 3.63) is 86.8 Å². The zero-order valence-corrected chi connectivity index (χ0v) is 22.9. The van der Waals surface area contributed by atoms with Crippen molar-refractivity contribution in [2.75, 3.05) is 13.6 Å². The molecule has 9 heteroatoms. The van der Waals surface area contributed by atoms with E-state index in [1.165, 1.54) is 49.4 Å². The molecule has 0 bridgehead atoms. The van der Waals surface area contributed by atoms with E-state index in [1.54, 1.807) is 0 Å². The van der Waals surface area contributed by atoms with Crippen LogP contribution in [0.25, 0.3) is 11.1 Å². The Balaban J connectivity index is 2.14. The van der Waals surface area contributed by atoms with Gasteiger partial charge in [-0.05, 0) is 75.6 Å². The molecule has 3 aromatic rings. The lowest BCUT2D eigenvalue weighted by Gasteiger charge is -2.24. The Morgan fingerprint density at radius 2 is 1.77 bits per heavy atom. The molecular formula is C30H32ClNO7. The summed E-state index contributed by atoms with van der Waals surface area (Å²) in [5.74, 6) is -2.09. The first-order chi connectivity index (χ1) is 19.4. The van der Waals surface area contributed by atoms with Crippen molar-refractivity contribution < 1.29 is 33.1 Å². The number of aromatic nitrogens is 1. The van der Waals surface area contributed by atoms with Gasteiger partial charge in [-0.2, -0.15) is 0 Å². The van der Waals surface area contributed by atoms with Crippen LogP contribution in [0.2, 0.25) is 5.02 Å². The number of ether oxygens (including phenoxy) is 2. The third-order valence-electron chi connectivity index (χ3n) is 6.02. The Bertz CT molecular complexity index is 1540. The van der Waals surface area contributed by atoms with Gasteiger partial charge in [-0.15, -0.1) is 0 Å². The van der Waals surface area contributed by atoms with Gasteiger partial charge < -0.3 is 19.1 Å². The van der Waals surface area contributed by atoms with Crippen LogP contribution in [0.3, 0.4) is 0 Å². The lowest BCUT2D eigenvalue weighted by atomic mass is 9.96. The highest BCUT2D eigenvalue weighted by atomic mass is 35.5. The number of hydrogen-bond donors (Lipinski definition) is 1. The van der Waals surface area contributed by atoms with Gasteiger partial charge in [-0.25, -0.2) is 4.79 Å². The number of halogens is 1. The molecule has 206 valence electrons. The standard InChI is InChI=1S/C30H32ClNO7/c1-18(33)22-11-10-21(31)15-23(22)24-16-28(35)32(17-27(24)38-5)25(12-13-39-30(2,3)4)26(34)14-19-6-8-20(9-7-19)29(36)37/h6-11,15-17,25H,12-14H2,1-5H3,(H,36,37)/t25-/m0/s1/i5D3. The summed E-state index contributed by atoms with van der Waals surface area (Å²) in [5, 5.41) is 9.42. The maximum Gasteiger partial charge on any atom is 0.335 e. The maximum atomic E-state index is 13.6. The summed E-state index contributed by atoms with van der Waals surface area (Å²) in [6.07, 6.45) is 1.10. The molecule has 0 amide bonds. The minimum Gasteiger partial charge on any atom is -0.495 e. The summed E-state index contributed by atoms with van der Waals surface area (Å²) in [4.78, 5) is 50.8. The van der Waals surface area contributed by atoms with E-state index in [2.05, 4.69) is 0 Å². The number of carboxylic acids is 1. The van der Waals surface area contributed by atoms with Crippen LogP contribution < -0.4 is 10.3 Å². The number of pyridine rings is 1. The van der Waals surface area contributed by atoms with Crippen LogP contribution in [0.15, 0.2) is 59.5 Å². The van der Waals surface area contributed by atoms with Crippen LogP contribution in [0.5, 0.6) is 5.75 Å². The summed E-state index contributed by atoms with van der Waals surface area (Å²) >= 11 is 6.18. The van der Waals surface area contributed by atoms with E-state index in [1.807, 2.05) is 20.8 Å². The number of hydrogen-bond acceptors (Lipinski definition) is 6. The fourth-order valence-corrected chi connectivity index (χ4v) is 4.30. The molecule has 0 saturated carbocycles. The smallest absolute Gasteiger partial charge is 0.335 e. The molecule has 1 N–H and O–H groups in total. The van der Waals surface area contributed by atoms with Gasteiger partial charge in [0.1, 0.15) is 5.75 Å². The number of carboxylic acid groups (broad SMARTS) is 1. The van der Waals surface area contributed by atoms with E-state index in [-0.39, 0.29) is 58.3 Å². The summed E-state index contributed by atoms with van der Waals surface area (Å²) in [6.45, 7) is 6.95. The van der Waals surface area contributed by atoms with Crippen molar-refractivity contribution in [1.29, 1.82) is 0 Å². The molecule has 1 heterocycles. The molecule has 0 aliphatic carbocycles. The molecule has 3 rings (SSSR count). The van der Waals surface area contributed by atoms with E-state index >= 15 is 0 Å². The summed E-state index contributed by atoms with van der Waals surface area (Å²) in [5.41, 5.74) is -0.153. The van der Waals surface area contributed by atoms with E-state index in [0.717, 1.165) is 16.8 Å². The molecule has 1 atom stereocenters. The fraction of sp³-hybridized carbons (Fsp3) is 0.333. The first-order valence-electron chi connectivity index (χ1n) is 13.7. The quantitative estimate of drug-likeness (QED) is 0.304. The number of Topliss-reactive ketones (excluding diaryl/α,β-unsaturated/α-hetero) is 2. The summed E-state index contributed by atoms with van der Waals surface area (Å²) in [7, 11) is -2.92. The van der Waals surface area contributed by atoms with E-state index in [4.69, 9.17) is 30.3 Å². The molecule has 0 aliphatic rings. The number of carbonyl (C=O) groups is 3. The molecule has 0 spiro atoms. The Hall–Kier alpha value is -3.75. The first-order valence-corrected chi connectivity index (χ1v) is 12.6. The Kier molecular flexibility index (Phi) is 8.12. The van der Waals surface area contributed by atoms with Crippen molar-refractivity contribution in [3.63, 3.8) is 0 Å². The summed E-state index contributed by atoms with van der Waals surface area (Å²) in [6, 6.07) is 10.2. The van der Waals surface area contributed by atoms with Gasteiger partial charge in [-0.3, -0.25) is 14.4 Å². The van der Waals surface area contributed by atoms with Crippen LogP contribution >= 0.6 is 11.6 Å². The molecule has 1 aromatic heterocycles. The summed E-state index contributed by atoms with van der Waals surface area (Å²) < 4.78 is 35.3. The molecule has 0 saturated heterocycles. The van der Waals surface area contributed by atoms with Crippen molar-refractivity contribution in [2.45, 2.75) is 52.2 Å². The van der Waals surface area contributed by atoms with Gasteiger partial charge >= 0.3 is 5.97 Å². The number of aromatic carboxylic acids is 1. The molecule has 0 fully saturated rings. The van der Waals surface area contributed by atoms with Crippen LogP contribution in [-0.2, 0) is 16.0 Å². The highest BCUT2D eigenvalue weighted by Gasteiger charge is 2.25. The predicted molar refractivity (Wildman–Crippen MR) is 149 cm³/mol. The number of methoxy groups -OCH3 is 1. The lowest BCUT2D eigenvalue weighted by Crippen LogP contribution is -2.32. The highest BCUT2D eigenvalue weighted by Crippen LogP contribution is 2.34. The number of rotatable bonds is 11. The Morgan fingerprint density at radius 1 is 1.08 bits per heavy atom. The zero-order chi connectivity index (χ0) is 31.4. The van der Waals surface area contributed by atoms with E-state index < -0.39 is 36.0 Å². The van der Waals surface area contributed by atoms with Crippen molar-refractivity contribution in [2.24, 2.45) is 0 Å². The largest absolute Gasteiger partial charge is 0.495 e. The van der Waals surface area contributed by atoms with Crippen LogP contribution in [-0.4, -0.2) is 46.5 Å². The second kappa shape index (κ2) is 12.4. The second-order valence-corrected chi connectivity index (χ2v) is 10.5. The molecule has 39 heavy (non-hydrogen) atoms. The lowest BCUT2D eigenvalue weighted by molar-refractivity contribution is -0.122. The van der Waals surface area contributed by atoms with Gasteiger partial charge in [-0.1, -0.05) is 23.7 Å². The van der Waals surface area contributed by atoms with Crippen molar-refractivity contribution in [3.8, 4) is 16.9 Å². The monoisotopic (exact) mass is 556 g/mol. The normalized spacial score (nSPS) is 13.6. The maximum absolute atomic E-state index is 13.6. The van der Waals surface area contributed by atoms with Gasteiger partial charge in [0.25, 0.3) is 5.56 Å². The molecule has 8 nitrogen and oxygen atoms in total. The average Bonchev–Trinajstić information content (AvgIpc) is 2.86. The van der Waals surface area contributed by atoms with E-state index in [0.29, 0.717) is 5.56 Å². The highest BCUT2D eigenvalue weighted by molar-refractivity contribution is 6.31. The third kappa shape index (κ3) is 7.65. The van der Waals surface area contributed by atoms with Gasteiger partial charge in [0.2, 0.25) is 0 Å². The molecule has 0 unspecified atom stereocenters.